The van der Waals surface area contributed by atoms with Crippen LogP contribution in [-0.2, 0) is 22.4 Å². The van der Waals surface area contributed by atoms with E-state index in [0.29, 0.717) is 34.8 Å². The van der Waals surface area contributed by atoms with E-state index in [1.807, 2.05) is 36.4 Å². The number of pyridine rings is 2. The summed E-state index contributed by atoms with van der Waals surface area (Å²) in [6, 6.07) is 16.6. The molecule has 2 aromatic heterocycles. The van der Waals surface area contributed by atoms with Gasteiger partial charge >= 0.3 is 0 Å². The van der Waals surface area contributed by atoms with Gasteiger partial charge in [-0.05, 0) is 62.3 Å². The maximum Gasteiger partial charge on any atom is 0.220 e. The number of rotatable bonds is 10. The van der Waals surface area contributed by atoms with Crippen LogP contribution in [0.25, 0.3) is 33.6 Å². The molecule has 4 heterocycles. The highest BCUT2D eigenvalue weighted by molar-refractivity contribution is 6.39. The number of nitrogens with one attached hydrogen (secondary N) is 2. The predicted molar refractivity (Wildman–Crippen MR) is 198 cm³/mol. The third kappa shape index (κ3) is 6.18. The fraction of sp³-hybridized carbons (Fsp3) is 0.400. The molecule has 4 aliphatic rings. The molecular formula is C40H41Cl2N5O4. The van der Waals surface area contributed by atoms with Gasteiger partial charge in [-0.25, -0.2) is 9.97 Å². The van der Waals surface area contributed by atoms with E-state index in [0.717, 1.165) is 90.0 Å². The Kier molecular flexibility index (Phi) is 9.25. The molecule has 4 aromatic rings. The fourth-order valence-electron chi connectivity index (χ4n) is 8.36. The highest BCUT2D eigenvalue weighted by Gasteiger charge is 2.40. The van der Waals surface area contributed by atoms with Crippen LogP contribution < -0.4 is 20.1 Å². The third-order valence-corrected chi connectivity index (χ3v) is 12.0. The number of Topliss-reactive ketones (excluding diaryl/α,β-unsaturated/α-hetero) is 1. The van der Waals surface area contributed by atoms with Crippen LogP contribution in [0.3, 0.4) is 0 Å². The second kappa shape index (κ2) is 13.8. The Morgan fingerprint density at radius 1 is 0.843 bits per heavy atom. The summed E-state index contributed by atoms with van der Waals surface area (Å²) < 4.78 is 11.7. The van der Waals surface area contributed by atoms with Gasteiger partial charge in [0.2, 0.25) is 17.7 Å². The number of hydrogen-bond donors (Lipinski definition) is 2. The fourth-order valence-corrected chi connectivity index (χ4v) is 9.01. The van der Waals surface area contributed by atoms with E-state index in [2.05, 4.69) is 27.7 Å². The van der Waals surface area contributed by atoms with Gasteiger partial charge < -0.3 is 20.1 Å². The van der Waals surface area contributed by atoms with Gasteiger partial charge in [0.15, 0.2) is 0 Å². The van der Waals surface area contributed by atoms with Gasteiger partial charge in [-0.3, -0.25) is 14.5 Å². The minimum atomic E-state index is 0.101. The normalized spacial score (nSPS) is 21.3. The SMILES string of the molecule is COc1nc(-c2cccc(-c3cccc(-c4cc5c(c(OC)n4)C(N4CC(C(C)=O)C4)CC5)c3Cl)c2Cl)cc2c1C(NCC1CCC(=O)N1)CC2. The van der Waals surface area contributed by atoms with Crippen molar-refractivity contribution in [3.8, 4) is 45.4 Å². The highest BCUT2D eigenvalue weighted by atomic mass is 35.5. The standard InChI is InChI=1S/C40H41Cl2N5O4/c1-21(48)24-19-47(20-24)33-14-11-23-17-32(46-40(51-3)36(23)33)29-9-5-7-27(38(29)42)26-6-4-8-28(37(26)41)31-16-22-10-13-30(35(22)39(45-31)50-2)43-18-25-12-15-34(49)44-25/h4-9,16-17,24-25,30,33,43H,10-15,18-20H2,1-3H3,(H,44,49). The quantitative estimate of drug-likeness (QED) is 0.177. The summed E-state index contributed by atoms with van der Waals surface area (Å²) in [6.07, 6.45) is 5.12. The van der Waals surface area contributed by atoms with E-state index < -0.39 is 0 Å². The Bertz CT molecular complexity index is 2050. The minimum Gasteiger partial charge on any atom is -0.481 e. The van der Waals surface area contributed by atoms with Crippen molar-refractivity contribution in [3.05, 3.63) is 80.8 Å². The first kappa shape index (κ1) is 34.1. The van der Waals surface area contributed by atoms with E-state index in [1.54, 1.807) is 21.1 Å². The van der Waals surface area contributed by atoms with Crippen molar-refractivity contribution in [2.24, 2.45) is 5.92 Å². The van der Waals surface area contributed by atoms with Gasteiger partial charge in [0.1, 0.15) is 5.78 Å². The van der Waals surface area contributed by atoms with E-state index in [9.17, 15) is 9.59 Å². The van der Waals surface area contributed by atoms with Gasteiger partial charge in [0.05, 0.1) is 35.7 Å². The number of aromatic nitrogens is 2. The van der Waals surface area contributed by atoms with Crippen molar-refractivity contribution in [2.75, 3.05) is 33.9 Å². The number of hydrogen-bond acceptors (Lipinski definition) is 8. The van der Waals surface area contributed by atoms with Crippen LogP contribution in [0.15, 0.2) is 48.5 Å². The number of benzene rings is 2. The molecule has 0 saturated carbocycles. The van der Waals surface area contributed by atoms with Crippen LogP contribution in [0.5, 0.6) is 11.8 Å². The van der Waals surface area contributed by atoms with Gasteiger partial charge in [0, 0.05) is 83.5 Å². The van der Waals surface area contributed by atoms with Crippen molar-refractivity contribution in [3.63, 3.8) is 0 Å². The van der Waals surface area contributed by atoms with Gasteiger partial charge in [-0.15, -0.1) is 0 Å². The number of amides is 1. The van der Waals surface area contributed by atoms with Crippen LogP contribution in [-0.4, -0.2) is 66.5 Å². The molecule has 0 bridgehead atoms. The molecule has 8 rings (SSSR count). The molecule has 9 nitrogen and oxygen atoms in total. The third-order valence-electron chi connectivity index (χ3n) is 11.1. The molecular weight excluding hydrogens is 685 g/mol. The van der Waals surface area contributed by atoms with Gasteiger partial charge in [-0.2, -0.15) is 0 Å². The lowest BCUT2D eigenvalue weighted by atomic mass is 9.92. The zero-order chi connectivity index (χ0) is 35.4. The summed E-state index contributed by atoms with van der Waals surface area (Å²) in [5.41, 5.74) is 9.25. The number of nitrogens with zero attached hydrogens (tertiary/aromatic N) is 3. The first-order valence-electron chi connectivity index (χ1n) is 17.7. The predicted octanol–water partition coefficient (Wildman–Crippen LogP) is 7.17. The summed E-state index contributed by atoms with van der Waals surface area (Å²) >= 11 is 14.5. The Hall–Kier alpha value is -4.02. The topological polar surface area (TPSA) is 106 Å². The van der Waals surface area contributed by atoms with Gasteiger partial charge in [0.25, 0.3) is 0 Å². The molecule has 2 aromatic carbocycles. The largest absolute Gasteiger partial charge is 0.481 e. The number of fused-ring (bicyclic) bond motifs is 2. The van der Waals surface area contributed by atoms with Crippen molar-refractivity contribution in [1.29, 1.82) is 0 Å². The van der Waals surface area contributed by atoms with Crippen LogP contribution in [0.4, 0.5) is 0 Å². The lowest BCUT2D eigenvalue weighted by Crippen LogP contribution is -2.50. The van der Waals surface area contributed by atoms with Crippen molar-refractivity contribution in [1.82, 2.24) is 25.5 Å². The molecule has 0 spiro atoms. The molecule has 11 heteroatoms. The molecule has 0 radical (unpaired) electrons. The number of halogens is 2. The summed E-state index contributed by atoms with van der Waals surface area (Å²) in [7, 11) is 3.31. The first-order valence-corrected chi connectivity index (χ1v) is 18.5. The number of ketones is 1. The Morgan fingerprint density at radius 3 is 1.98 bits per heavy atom. The number of methoxy groups -OCH3 is 2. The van der Waals surface area contributed by atoms with Crippen LogP contribution in [0.1, 0.15) is 66.9 Å². The molecule has 1 amide bonds. The molecule has 2 aliphatic heterocycles. The van der Waals surface area contributed by atoms with Crippen LogP contribution in [0, 0.1) is 5.92 Å². The number of carbonyl (C=O) groups excluding carboxylic acids is 2. The summed E-state index contributed by atoms with van der Waals surface area (Å²) in [4.78, 5) is 35.8. The zero-order valence-electron chi connectivity index (χ0n) is 29.0. The summed E-state index contributed by atoms with van der Waals surface area (Å²) in [5.74, 6) is 1.68. The smallest absolute Gasteiger partial charge is 0.220 e. The Balaban J connectivity index is 1.09. The maximum atomic E-state index is 11.9. The lowest BCUT2D eigenvalue weighted by molar-refractivity contribution is -0.127. The average molecular weight is 727 g/mol. The average Bonchev–Trinajstić information content (AvgIpc) is 3.84. The van der Waals surface area contributed by atoms with Crippen LogP contribution >= 0.6 is 23.2 Å². The number of ether oxygens (including phenoxy) is 2. The number of likely N-dealkylation sites (tertiary alicyclic amines) is 1. The first-order chi connectivity index (χ1) is 24.7. The molecule has 2 fully saturated rings. The Labute approximate surface area is 308 Å². The zero-order valence-corrected chi connectivity index (χ0v) is 30.5. The molecule has 2 saturated heterocycles. The minimum absolute atomic E-state index is 0.101. The van der Waals surface area contributed by atoms with Crippen LogP contribution in [0.2, 0.25) is 10.0 Å². The second-order valence-corrected chi connectivity index (χ2v) is 14.9. The molecule has 3 atom stereocenters. The summed E-state index contributed by atoms with van der Waals surface area (Å²) in [5, 5.41) is 7.78. The lowest BCUT2D eigenvalue weighted by Gasteiger charge is -2.42. The highest BCUT2D eigenvalue weighted by Crippen LogP contribution is 2.47. The molecule has 2 N–H and O–H groups in total. The molecule has 51 heavy (non-hydrogen) atoms. The Morgan fingerprint density at radius 2 is 1.41 bits per heavy atom. The summed E-state index contributed by atoms with van der Waals surface area (Å²) in [6.45, 7) is 3.96. The number of aryl methyl sites for hydroxylation is 2. The monoisotopic (exact) mass is 725 g/mol. The van der Waals surface area contributed by atoms with Crippen molar-refractivity contribution in [2.45, 2.75) is 63.6 Å². The van der Waals surface area contributed by atoms with E-state index >= 15 is 0 Å². The van der Waals surface area contributed by atoms with Gasteiger partial charge in [-0.1, -0.05) is 59.6 Å². The maximum absolute atomic E-state index is 11.9. The second-order valence-electron chi connectivity index (χ2n) is 14.1. The molecule has 264 valence electrons. The molecule has 3 unspecified atom stereocenters. The van der Waals surface area contributed by atoms with E-state index in [-0.39, 0.29) is 35.7 Å². The van der Waals surface area contributed by atoms with Crippen molar-refractivity contribution < 1.29 is 19.1 Å². The van der Waals surface area contributed by atoms with E-state index in [1.165, 1.54) is 11.1 Å². The number of carbonyl (C=O) groups is 2. The van der Waals surface area contributed by atoms with E-state index in [4.69, 9.17) is 42.6 Å². The van der Waals surface area contributed by atoms with Crippen molar-refractivity contribution >= 4 is 34.9 Å². The molecule has 2 aliphatic carbocycles.